The number of fused-ring (bicyclic) bond motifs is 1. The second-order valence-corrected chi connectivity index (χ2v) is 9.93. The molecule has 0 fully saturated rings. The zero-order valence-corrected chi connectivity index (χ0v) is 22.2. The van der Waals surface area contributed by atoms with Crippen molar-refractivity contribution in [1.29, 1.82) is 0 Å². The van der Waals surface area contributed by atoms with Gasteiger partial charge < -0.3 is 14.3 Å². The summed E-state index contributed by atoms with van der Waals surface area (Å²) in [4.78, 5) is 42.4. The van der Waals surface area contributed by atoms with Crippen LogP contribution >= 0.6 is 22.9 Å². The minimum atomic E-state index is -1.01. The summed E-state index contributed by atoms with van der Waals surface area (Å²) in [5.41, 5.74) is 0.899. The number of nitrogens with zero attached hydrogens (tertiary/aromatic N) is 3. The van der Waals surface area contributed by atoms with E-state index in [1.807, 2.05) is 0 Å². The van der Waals surface area contributed by atoms with Gasteiger partial charge in [0, 0.05) is 17.7 Å². The van der Waals surface area contributed by atoms with Crippen molar-refractivity contribution in [3.8, 4) is 17.1 Å². The second-order valence-electron chi connectivity index (χ2n) is 8.52. The molecule has 12 heteroatoms. The van der Waals surface area contributed by atoms with Gasteiger partial charge in [-0.1, -0.05) is 35.1 Å². The van der Waals surface area contributed by atoms with Crippen LogP contribution in [0, 0.1) is 10.1 Å². The first-order chi connectivity index (χ1) is 18.7. The number of thiazole rings is 1. The van der Waals surface area contributed by atoms with E-state index in [-0.39, 0.29) is 45.7 Å². The fraction of sp³-hybridized carbons (Fsp3) is 0.148. The van der Waals surface area contributed by atoms with Crippen molar-refractivity contribution >= 4 is 40.7 Å². The predicted molar refractivity (Wildman–Crippen MR) is 144 cm³/mol. The van der Waals surface area contributed by atoms with Gasteiger partial charge in [0.1, 0.15) is 23.3 Å². The van der Waals surface area contributed by atoms with Crippen LogP contribution in [0.1, 0.15) is 31.2 Å². The standard InChI is InChI=1S/C27H20ClN3O7S/c1-3-37-26(34)23-14(2)29-27-30(25(33)22(39-27)12-15-4-7-17(32)8-5-15)24(23)21-11-10-20(38-21)18-13-16(31(35)36)6-9-19(18)28/h4-13,24,32H,3H2,1-2H3/b22-12-/t24-/m1/s1. The summed E-state index contributed by atoms with van der Waals surface area (Å²) in [5, 5.41) is 21.1. The number of allylic oxidation sites excluding steroid dienone is 1. The Morgan fingerprint density at radius 2 is 2.00 bits per heavy atom. The van der Waals surface area contributed by atoms with Crippen molar-refractivity contribution in [1.82, 2.24) is 4.57 Å². The van der Waals surface area contributed by atoms with Crippen molar-refractivity contribution in [3.05, 3.63) is 112 Å². The van der Waals surface area contributed by atoms with Crippen molar-refractivity contribution in [2.75, 3.05) is 6.61 Å². The molecule has 0 bridgehead atoms. The number of nitro groups is 1. The number of carbonyl (C=O) groups is 1. The molecule has 0 saturated carbocycles. The first-order valence-corrected chi connectivity index (χ1v) is 12.9. The number of phenols is 1. The minimum absolute atomic E-state index is 0.0980. The van der Waals surface area contributed by atoms with Crippen molar-refractivity contribution in [2.45, 2.75) is 19.9 Å². The molecular weight excluding hydrogens is 546 g/mol. The Kier molecular flexibility index (Phi) is 6.94. The molecule has 39 heavy (non-hydrogen) atoms. The summed E-state index contributed by atoms with van der Waals surface area (Å²) in [6.45, 7) is 3.43. The lowest BCUT2D eigenvalue weighted by molar-refractivity contribution is -0.384. The Hall–Kier alpha value is -4.48. The molecular formula is C27H20ClN3O7S. The maximum atomic E-state index is 13.7. The second kappa shape index (κ2) is 10.4. The highest BCUT2D eigenvalue weighted by Crippen LogP contribution is 2.37. The molecule has 198 valence electrons. The number of hydrogen-bond acceptors (Lipinski definition) is 9. The quantitative estimate of drug-likeness (QED) is 0.209. The molecule has 2 aromatic heterocycles. The van der Waals surface area contributed by atoms with E-state index in [0.29, 0.717) is 20.6 Å². The molecule has 0 amide bonds. The van der Waals surface area contributed by atoms with Crippen LogP contribution in [-0.2, 0) is 9.53 Å². The van der Waals surface area contributed by atoms with E-state index in [9.17, 15) is 24.8 Å². The number of carbonyl (C=O) groups excluding carboxylic acids is 1. The van der Waals surface area contributed by atoms with Crippen LogP contribution in [0.2, 0.25) is 5.02 Å². The predicted octanol–water partition coefficient (Wildman–Crippen LogP) is 4.33. The smallest absolute Gasteiger partial charge is 0.338 e. The van der Waals surface area contributed by atoms with Crippen molar-refractivity contribution < 1.29 is 24.0 Å². The highest BCUT2D eigenvalue weighted by molar-refractivity contribution is 7.07. The molecule has 0 unspecified atom stereocenters. The summed E-state index contributed by atoms with van der Waals surface area (Å²) < 4.78 is 13.1. The van der Waals surface area contributed by atoms with Gasteiger partial charge in [-0.2, -0.15) is 0 Å². The normalized spacial score (nSPS) is 15.2. The SMILES string of the molecule is CCOC(=O)C1=C(C)N=c2s/c(=C\c3ccc(O)cc3)c(=O)n2[C@@H]1c1ccc(-c2cc([N+](=O)[O-])ccc2Cl)o1. The van der Waals surface area contributed by atoms with Crippen LogP contribution in [-0.4, -0.2) is 27.2 Å². The zero-order valence-electron chi connectivity index (χ0n) is 20.6. The molecule has 10 nitrogen and oxygen atoms in total. The van der Waals surface area contributed by atoms with Gasteiger partial charge in [-0.25, -0.2) is 9.79 Å². The van der Waals surface area contributed by atoms with Crippen molar-refractivity contribution in [3.63, 3.8) is 0 Å². The maximum absolute atomic E-state index is 13.7. The highest BCUT2D eigenvalue weighted by Gasteiger charge is 2.35. The van der Waals surface area contributed by atoms with E-state index < -0.39 is 22.5 Å². The number of halogens is 1. The molecule has 4 aromatic rings. The number of hydrogen-bond donors (Lipinski definition) is 1. The molecule has 1 atom stereocenters. The van der Waals surface area contributed by atoms with Crippen LogP contribution in [0.3, 0.4) is 0 Å². The Bertz CT molecular complexity index is 1830. The van der Waals surface area contributed by atoms with Gasteiger partial charge in [0.25, 0.3) is 11.2 Å². The molecule has 2 aromatic carbocycles. The molecule has 0 aliphatic carbocycles. The third-order valence-electron chi connectivity index (χ3n) is 6.03. The Morgan fingerprint density at radius 3 is 2.69 bits per heavy atom. The third kappa shape index (κ3) is 4.89. The lowest BCUT2D eigenvalue weighted by Gasteiger charge is -2.22. The van der Waals surface area contributed by atoms with E-state index >= 15 is 0 Å². The summed E-state index contributed by atoms with van der Waals surface area (Å²) in [7, 11) is 0. The van der Waals surface area contributed by atoms with E-state index in [4.69, 9.17) is 20.8 Å². The Labute approximate surface area is 229 Å². The monoisotopic (exact) mass is 565 g/mol. The van der Waals surface area contributed by atoms with Gasteiger partial charge in [-0.15, -0.1) is 0 Å². The third-order valence-corrected chi connectivity index (χ3v) is 7.34. The zero-order chi connectivity index (χ0) is 27.8. The fourth-order valence-corrected chi connectivity index (χ4v) is 5.50. The summed E-state index contributed by atoms with van der Waals surface area (Å²) in [6.07, 6.45) is 1.67. The number of non-ortho nitro benzene ring substituents is 1. The average Bonchev–Trinajstić information content (AvgIpc) is 3.50. The topological polar surface area (TPSA) is 137 Å². The molecule has 1 aliphatic rings. The molecule has 3 heterocycles. The number of esters is 1. The highest BCUT2D eigenvalue weighted by atomic mass is 35.5. The first kappa shape index (κ1) is 26.1. The van der Waals surface area contributed by atoms with Crippen molar-refractivity contribution in [2.24, 2.45) is 4.99 Å². The molecule has 5 rings (SSSR count). The number of aromatic hydroxyl groups is 1. The minimum Gasteiger partial charge on any atom is -0.508 e. The number of ether oxygens (including phenoxy) is 1. The number of furan rings is 1. The number of aromatic nitrogens is 1. The lowest BCUT2D eigenvalue weighted by atomic mass is 10.0. The Morgan fingerprint density at radius 1 is 1.26 bits per heavy atom. The van der Waals surface area contributed by atoms with Gasteiger partial charge in [0.15, 0.2) is 4.80 Å². The van der Waals surface area contributed by atoms with Gasteiger partial charge in [0.05, 0.1) is 32.4 Å². The van der Waals surface area contributed by atoms with Crippen LogP contribution in [0.4, 0.5) is 5.69 Å². The first-order valence-electron chi connectivity index (χ1n) is 11.7. The van der Waals surface area contributed by atoms with Gasteiger partial charge in [0.2, 0.25) is 0 Å². The maximum Gasteiger partial charge on any atom is 0.338 e. The summed E-state index contributed by atoms with van der Waals surface area (Å²) in [5.74, 6) is -0.103. The largest absolute Gasteiger partial charge is 0.508 e. The van der Waals surface area contributed by atoms with E-state index in [1.54, 1.807) is 44.2 Å². The Balaban J connectivity index is 1.69. The van der Waals surface area contributed by atoms with E-state index in [1.165, 1.54) is 34.9 Å². The van der Waals surface area contributed by atoms with Gasteiger partial charge in [-0.3, -0.25) is 19.5 Å². The fourth-order valence-electron chi connectivity index (χ4n) is 4.24. The van der Waals surface area contributed by atoms with Gasteiger partial charge in [-0.05, 0) is 55.8 Å². The van der Waals surface area contributed by atoms with E-state index in [0.717, 1.165) is 11.3 Å². The number of benzene rings is 2. The molecule has 1 N–H and O–H groups in total. The average molecular weight is 566 g/mol. The number of nitro benzene ring substituents is 1. The van der Waals surface area contributed by atoms with Gasteiger partial charge >= 0.3 is 5.97 Å². The van der Waals surface area contributed by atoms with Crippen LogP contribution < -0.4 is 14.9 Å². The molecule has 0 spiro atoms. The number of phenolic OH excluding ortho intramolecular Hbond substituents is 1. The number of rotatable bonds is 6. The van der Waals surface area contributed by atoms with Crippen LogP contribution in [0.25, 0.3) is 17.4 Å². The molecule has 1 aliphatic heterocycles. The van der Waals surface area contributed by atoms with E-state index in [2.05, 4.69) is 4.99 Å². The van der Waals surface area contributed by atoms with Crippen LogP contribution in [0.15, 0.2) is 80.1 Å². The molecule has 0 radical (unpaired) electrons. The molecule has 0 saturated heterocycles. The lowest BCUT2D eigenvalue weighted by Crippen LogP contribution is -2.39. The summed E-state index contributed by atoms with van der Waals surface area (Å²) in [6, 6.07) is 12.5. The van der Waals surface area contributed by atoms with Crippen LogP contribution in [0.5, 0.6) is 5.75 Å². The summed E-state index contributed by atoms with van der Waals surface area (Å²) >= 11 is 7.46.